The molecule has 0 aliphatic rings. The van der Waals surface area contributed by atoms with E-state index in [4.69, 9.17) is 16.9 Å². The Morgan fingerprint density at radius 1 is 0.962 bits per heavy atom. The largest absolute Gasteiger partial charge is 0.354 e. The van der Waals surface area contributed by atoms with Crippen LogP contribution < -0.4 is 5.32 Å². The summed E-state index contributed by atoms with van der Waals surface area (Å²) in [7, 11) is 0. The van der Waals surface area contributed by atoms with Crippen molar-refractivity contribution in [3.63, 3.8) is 0 Å². The second-order valence-corrected chi connectivity index (χ2v) is 6.76. The molecule has 0 fully saturated rings. The van der Waals surface area contributed by atoms with Gasteiger partial charge in [-0.3, -0.25) is 0 Å². The van der Waals surface area contributed by atoms with E-state index >= 15 is 0 Å². The van der Waals surface area contributed by atoms with Crippen LogP contribution in [0.3, 0.4) is 0 Å². The van der Waals surface area contributed by atoms with Gasteiger partial charge in [0.15, 0.2) is 0 Å². The number of anilines is 2. The molecule has 6 heteroatoms. The summed E-state index contributed by atoms with van der Waals surface area (Å²) >= 11 is 7.45. The highest BCUT2D eigenvalue weighted by Crippen LogP contribution is 2.37. The molecule has 0 amide bonds. The van der Waals surface area contributed by atoms with Gasteiger partial charge in [-0.15, -0.1) is 0 Å². The average Bonchev–Trinajstić information content (AvgIpc) is 2.66. The zero-order chi connectivity index (χ0) is 18.5. The monoisotopic (exact) mass is 379 g/mol. The van der Waals surface area contributed by atoms with E-state index < -0.39 is 5.82 Å². The van der Waals surface area contributed by atoms with Crippen molar-refractivity contribution in [1.82, 2.24) is 0 Å². The smallest absolute Gasteiger partial charge is 0.145 e. The number of hydrogen-bond donors (Lipinski definition) is 1. The summed E-state index contributed by atoms with van der Waals surface area (Å²) in [6.07, 6.45) is 0. The van der Waals surface area contributed by atoms with Crippen LogP contribution >= 0.6 is 23.4 Å². The minimum atomic E-state index is -0.565. The van der Waals surface area contributed by atoms with Gasteiger partial charge in [0, 0.05) is 15.5 Å². The van der Waals surface area contributed by atoms with Gasteiger partial charge in [0.05, 0.1) is 21.8 Å². The summed E-state index contributed by atoms with van der Waals surface area (Å²) in [6, 6.07) is 21.3. The Kier molecular flexibility index (Phi) is 5.43. The zero-order valence-electron chi connectivity index (χ0n) is 13.3. The van der Waals surface area contributed by atoms with E-state index in [0.29, 0.717) is 16.3 Å². The SMILES string of the molecule is N#Cc1cccc(Nc2cc(F)c(Cl)c(Sc3ccccc3)c2)c1C#N. The number of rotatable bonds is 4. The number of nitrogens with one attached hydrogen (secondary N) is 1. The predicted octanol–water partition coefficient (Wildman–Crippen LogP) is 6.12. The minimum Gasteiger partial charge on any atom is -0.354 e. The third-order valence-electron chi connectivity index (χ3n) is 3.54. The van der Waals surface area contributed by atoms with E-state index in [0.717, 1.165) is 4.90 Å². The van der Waals surface area contributed by atoms with E-state index in [1.165, 1.54) is 17.8 Å². The molecule has 0 aliphatic carbocycles. The van der Waals surface area contributed by atoms with E-state index in [-0.39, 0.29) is 16.1 Å². The second-order valence-electron chi connectivity index (χ2n) is 5.26. The van der Waals surface area contributed by atoms with E-state index in [1.54, 1.807) is 24.3 Å². The topological polar surface area (TPSA) is 59.6 Å². The van der Waals surface area contributed by atoms with E-state index in [9.17, 15) is 9.65 Å². The maximum atomic E-state index is 14.3. The molecular weight excluding hydrogens is 369 g/mol. The molecule has 0 heterocycles. The normalized spacial score (nSPS) is 10.0. The minimum absolute atomic E-state index is 0.0377. The van der Waals surface area contributed by atoms with Crippen molar-refractivity contribution in [1.29, 1.82) is 10.5 Å². The first-order valence-corrected chi connectivity index (χ1v) is 8.74. The molecule has 0 bridgehead atoms. The molecule has 0 saturated carbocycles. The van der Waals surface area contributed by atoms with Crippen LogP contribution in [-0.4, -0.2) is 0 Å². The summed E-state index contributed by atoms with van der Waals surface area (Å²) in [6.45, 7) is 0. The van der Waals surface area contributed by atoms with Crippen molar-refractivity contribution in [2.24, 2.45) is 0 Å². The first-order valence-electron chi connectivity index (χ1n) is 7.54. The highest BCUT2D eigenvalue weighted by Gasteiger charge is 2.13. The molecule has 3 nitrogen and oxygen atoms in total. The predicted molar refractivity (Wildman–Crippen MR) is 101 cm³/mol. The summed E-state index contributed by atoms with van der Waals surface area (Å²) in [5, 5.41) is 21.5. The Morgan fingerprint density at radius 3 is 2.42 bits per heavy atom. The third kappa shape index (κ3) is 3.81. The first kappa shape index (κ1) is 17.8. The van der Waals surface area contributed by atoms with Gasteiger partial charge in [-0.2, -0.15) is 10.5 Å². The van der Waals surface area contributed by atoms with Crippen LogP contribution in [0.2, 0.25) is 5.02 Å². The van der Waals surface area contributed by atoms with Gasteiger partial charge in [-0.05, 0) is 36.4 Å². The zero-order valence-corrected chi connectivity index (χ0v) is 14.9. The Hall–Kier alpha value is -2.99. The third-order valence-corrected chi connectivity index (χ3v) is 5.09. The van der Waals surface area contributed by atoms with Gasteiger partial charge in [0.2, 0.25) is 0 Å². The van der Waals surface area contributed by atoms with Gasteiger partial charge in [-0.25, -0.2) is 4.39 Å². The lowest BCUT2D eigenvalue weighted by molar-refractivity contribution is 0.625. The Labute approximate surface area is 159 Å². The van der Waals surface area contributed by atoms with Crippen molar-refractivity contribution in [3.8, 4) is 12.1 Å². The standard InChI is InChI=1S/C20H11ClFN3S/c21-20-17(22)9-14(10-19(20)26-15-6-2-1-3-7-15)25-18-8-4-5-13(11-23)16(18)12-24/h1-10,25H. The number of halogens is 2. The lowest BCUT2D eigenvalue weighted by Crippen LogP contribution is -1.97. The van der Waals surface area contributed by atoms with Crippen LogP contribution in [0, 0.1) is 28.5 Å². The van der Waals surface area contributed by atoms with Gasteiger partial charge < -0.3 is 5.32 Å². The number of nitriles is 2. The maximum absolute atomic E-state index is 14.3. The van der Waals surface area contributed by atoms with Crippen LogP contribution in [0.25, 0.3) is 0 Å². The molecule has 26 heavy (non-hydrogen) atoms. The molecule has 126 valence electrons. The van der Waals surface area contributed by atoms with Gasteiger partial charge >= 0.3 is 0 Å². The van der Waals surface area contributed by atoms with E-state index in [1.807, 2.05) is 42.5 Å². The van der Waals surface area contributed by atoms with Crippen molar-refractivity contribution in [2.45, 2.75) is 9.79 Å². The molecule has 0 radical (unpaired) electrons. The lowest BCUT2D eigenvalue weighted by atomic mass is 10.1. The maximum Gasteiger partial charge on any atom is 0.145 e. The first-order chi connectivity index (χ1) is 12.6. The molecule has 0 aromatic heterocycles. The molecule has 0 aliphatic heterocycles. The summed E-state index contributed by atoms with van der Waals surface area (Å²) in [5.74, 6) is -0.565. The number of nitrogens with zero attached hydrogens (tertiary/aromatic N) is 2. The highest BCUT2D eigenvalue weighted by molar-refractivity contribution is 7.99. The van der Waals surface area contributed by atoms with Gasteiger partial charge in [-0.1, -0.05) is 47.6 Å². The van der Waals surface area contributed by atoms with Gasteiger partial charge in [0.25, 0.3) is 0 Å². The highest BCUT2D eigenvalue weighted by atomic mass is 35.5. The van der Waals surface area contributed by atoms with Crippen LogP contribution in [-0.2, 0) is 0 Å². The Bertz CT molecular complexity index is 1040. The van der Waals surface area contributed by atoms with Crippen LogP contribution in [0.4, 0.5) is 15.8 Å². The molecule has 0 spiro atoms. The fourth-order valence-corrected chi connectivity index (χ4v) is 3.50. The van der Waals surface area contributed by atoms with Crippen molar-refractivity contribution >= 4 is 34.7 Å². The molecule has 3 rings (SSSR count). The summed E-state index contributed by atoms with van der Waals surface area (Å²) < 4.78 is 14.3. The summed E-state index contributed by atoms with van der Waals surface area (Å²) in [4.78, 5) is 1.48. The molecule has 0 unspecified atom stereocenters. The molecular formula is C20H11ClFN3S. The van der Waals surface area contributed by atoms with Crippen molar-refractivity contribution in [3.05, 3.63) is 82.6 Å². The second kappa shape index (κ2) is 7.93. The Morgan fingerprint density at radius 2 is 1.73 bits per heavy atom. The van der Waals surface area contributed by atoms with Crippen LogP contribution in [0.15, 0.2) is 70.5 Å². The molecule has 0 atom stereocenters. The fraction of sp³-hybridized carbons (Fsp3) is 0. The van der Waals surface area contributed by atoms with Crippen LogP contribution in [0.5, 0.6) is 0 Å². The number of benzene rings is 3. The summed E-state index contributed by atoms with van der Waals surface area (Å²) in [5.41, 5.74) is 1.34. The molecule has 3 aromatic rings. The average molecular weight is 380 g/mol. The quantitative estimate of drug-likeness (QED) is 0.593. The van der Waals surface area contributed by atoms with E-state index in [2.05, 4.69) is 5.32 Å². The van der Waals surface area contributed by atoms with Crippen molar-refractivity contribution in [2.75, 3.05) is 5.32 Å². The molecule has 1 N–H and O–H groups in total. The Balaban J connectivity index is 1.98. The van der Waals surface area contributed by atoms with Crippen LogP contribution in [0.1, 0.15) is 11.1 Å². The fourth-order valence-electron chi connectivity index (χ4n) is 2.35. The van der Waals surface area contributed by atoms with Crippen molar-refractivity contribution < 1.29 is 4.39 Å². The van der Waals surface area contributed by atoms with Gasteiger partial charge in [0.1, 0.15) is 18.0 Å². The molecule has 0 saturated heterocycles. The lowest BCUT2D eigenvalue weighted by Gasteiger charge is -2.12. The number of hydrogen-bond acceptors (Lipinski definition) is 4. The molecule has 3 aromatic carbocycles.